The van der Waals surface area contributed by atoms with E-state index >= 15 is 0 Å². The second-order valence-corrected chi connectivity index (χ2v) is 4.32. The Hall–Kier alpha value is -1.18. The second-order valence-electron chi connectivity index (χ2n) is 4.32. The monoisotopic (exact) mass is 176 g/mol. The lowest BCUT2D eigenvalue weighted by Gasteiger charge is -2.15. The highest BCUT2D eigenvalue weighted by Gasteiger charge is 2.19. The molecular formula is C11H16N2. The van der Waals surface area contributed by atoms with Crippen molar-refractivity contribution in [2.45, 2.75) is 13.8 Å². The fraction of sp³-hybridized carbons (Fsp3) is 0.455. The summed E-state index contributed by atoms with van der Waals surface area (Å²) >= 11 is 0. The SMILES string of the molecule is CN1CNC2=C1C=CC(C)(C)C=C2. The lowest BCUT2D eigenvalue weighted by molar-refractivity contribution is 0.451. The summed E-state index contributed by atoms with van der Waals surface area (Å²) in [4.78, 5) is 2.22. The molecule has 1 aliphatic carbocycles. The molecule has 0 saturated heterocycles. The van der Waals surface area contributed by atoms with Crippen LogP contribution in [-0.2, 0) is 0 Å². The van der Waals surface area contributed by atoms with Crippen molar-refractivity contribution in [2.24, 2.45) is 5.41 Å². The Morgan fingerprint density at radius 2 is 2.00 bits per heavy atom. The van der Waals surface area contributed by atoms with Crippen LogP contribution in [0, 0.1) is 5.41 Å². The van der Waals surface area contributed by atoms with Crippen molar-refractivity contribution >= 4 is 0 Å². The van der Waals surface area contributed by atoms with Crippen LogP contribution in [0.3, 0.4) is 0 Å². The van der Waals surface area contributed by atoms with Crippen LogP contribution in [0.25, 0.3) is 0 Å². The first-order chi connectivity index (χ1) is 6.08. The summed E-state index contributed by atoms with van der Waals surface area (Å²) in [6.45, 7) is 5.34. The first-order valence-electron chi connectivity index (χ1n) is 4.66. The van der Waals surface area contributed by atoms with E-state index in [9.17, 15) is 0 Å². The van der Waals surface area contributed by atoms with Gasteiger partial charge < -0.3 is 10.2 Å². The predicted octanol–water partition coefficient (Wildman–Crippen LogP) is 1.84. The largest absolute Gasteiger partial charge is 0.366 e. The zero-order valence-corrected chi connectivity index (χ0v) is 8.46. The van der Waals surface area contributed by atoms with E-state index in [1.807, 2.05) is 0 Å². The van der Waals surface area contributed by atoms with Crippen molar-refractivity contribution < 1.29 is 0 Å². The Kier molecular flexibility index (Phi) is 1.72. The molecule has 0 bridgehead atoms. The van der Waals surface area contributed by atoms with E-state index in [0.29, 0.717) is 0 Å². The Morgan fingerprint density at radius 3 is 2.77 bits per heavy atom. The summed E-state index contributed by atoms with van der Waals surface area (Å²) in [6, 6.07) is 0. The van der Waals surface area contributed by atoms with Gasteiger partial charge in [-0.05, 0) is 12.2 Å². The number of allylic oxidation sites excluding steroid dienone is 4. The van der Waals surface area contributed by atoms with Crippen molar-refractivity contribution in [3.05, 3.63) is 35.7 Å². The predicted molar refractivity (Wildman–Crippen MR) is 54.9 cm³/mol. The highest BCUT2D eigenvalue weighted by molar-refractivity contribution is 5.38. The van der Waals surface area contributed by atoms with Crippen LogP contribution < -0.4 is 5.32 Å². The number of hydrogen-bond acceptors (Lipinski definition) is 2. The maximum Gasteiger partial charge on any atom is 0.0874 e. The average molecular weight is 176 g/mol. The Balaban J connectivity index is 2.36. The molecule has 2 aliphatic rings. The van der Waals surface area contributed by atoms with Crippen LogP contribution in [0.1, 0.15) is 13.8 Å². The first-order valence-corrected chi connectivity index (χ1v) is 4.66. The number of rotatable bonds is 0. The van der Waals surface area contributed by atoms with Gasteiger partial charge in [0.05, 0.1) is 18.1 Å². The van der Waals surface area contributed by atoms with Gasteiger partial charge in [0.1, 0.15) is 0 Å². The van der Waals surface area contributed by atoms with Gasteiger partial charge in [-0.3, -0.25) is 0 Å². The number of nitrogens with one attached hydrogen (secondary N) is 1. The maximum absolute atomic E-state index is 3.35. The van der Waals surface area contributed by atoms with Gasteiger partial charge >= 0.3 is 0 Å². The molecule has 0 radical (unpaired) electrons. The summed E-state index contributed by atoms with van der Waals surface area (Å²) in [7, 11) is 2.10. The van der Waals surface area contributed by atoms with E-state index in [1.54, 1.807) is 0 Å². The van der Waals surface area contributed by atoms with Crippen LogP contribution in [0.2, 0.25) is 0 Å². The molecule has 70 valence electrons. The van der Waals surface area contributed by atoms with Crippen molar-refractivity contribution in [1.82, 2.24) is 10.2 Å². The molecule has 0 fully saturated rings. The minimum atomic E-state index is 0.173. The normalized spacial score (nSPS) is 24.4. The third kappa shape index (κ3) is 1.48. The van der Waals surface area contributed by atoms with Crippen molar-refractivity contribution in [1.29, 1.82) is 0 Å². The van der Waals surface area contributed by atoms with Crippen LogP contribution in [0.4, 0.5) is 0 Å². The summed E-state index contributed by atoms with van der Waals surface area (Å²) in [5, 5.41) is 3.35. The lowest BCUT2D eigenvalue weighted by Crippen LogP contribution is -2.18. The molecule has 2 nitrogen and oxygen atoms in total. The molecule has 0 atom stereocenters. The summed E-state index contributed by atoms with van der Waals surface area (Å²) in [5.74, 6) is 0. The fourth-order valence-electron chi connectivity index (χ4n) is 1.59. The molecule has 2 rings (SSSR count). The number of hydrogen-bond donors (Lipinski definition) is 1. The topological polar surface area (TPSA) is 15.3 Å². The maximum atomic E-state index is 3.35. The lowest BCUT2D eigenvalue weighted by atomic mass is 9.93. The van der Waals surface area contributed by atoms with E-state index in [1.165, 1.54) is 11.4 Å². The minimum Gasteiger partial charge on any atom is -0.366 e. The number of likely N-dealkylation sites (N-methyl/N-ethyl adjacent to an activating group) is 1. The van der Waals surface area contributed by atoms with E-state index in [-0.39, 0.29) is 5.41 Å². The molecule has 0 aromatic carbocycles. The van der Waals surface area contributed by atoms with Gasteiger partial charge in [0.25, 0.3) is 0 Å². The summed E-state index contributed by atoms with van der Waals surface area (Å²) in [5.41, 5.74) is 2.71. The van der Waals surface area contributed by atoms with Gasteiger partial charge in [0, 0.05) is 12.5 Å². The highest BCUT2D eigenvalue weighted by Crippen LogP contribution is 2.27. The standard InChI is InChI=1S/C11H16N2/c1-11(2)6-4-9-10(5-7-11)13(3)8-12-9/h4-7,12H,8H2,1-3H3. The third-order valence-electron chi connectivity index (χ3n) is 2.54. The molecule has 1 heterocycles. The summed E-state index contributed by atoms with van der Waals surface area (Å²) in [6.07, 6.45) is 8.86. The molecule has 0 unspecified atom stereocenters. The van der Waals surface area contributed by atoms with E-state index < -0.39 is 0 Å². The molecule has 1 N–H and O–H groups in total. The van der Waals surface area contributed by atoms with Gasteiger partial charge in [0.15, 0.2) is 0 Å². The zero-order valence-electron chi connectivity index (χ0n) is 8.46. The van der Waals surface area contributed by atoms with Crippen molar-refractivity contribution in [3.63, 3.8) is 0 Å². The van der Waals surface area contributed by atoms with Crippen LogP contribution in [0.5, 0.6) is 0 Å². The van der Waals surface area contributed by atoms with Gasteiger partial charge in [-0.25, -0.2) is 0 Å². The van der Waals surface area contributed by atoms with Gasteiger partial charge in [-0.2, -0.15) is 0 Å². The first kappa shape index (κ1) is 8.42. The molecule has 13 heavy (non-hydrogen) atoms. The fourth-order valence-corrected chi connectivity index (χ4v) is 1.59. The van der Waals surface area contributed by atoms with Crippen molar-refractivity contribution in [3.8, 4) is 0 Å². The van der Waals surface area contributed by atoms with Gasteiger partial charge in [-0.15, -0.1) is 0 Å². The highest BCUT2D eigenvalue weighted by atomic mass is 15.3. The third-order valence-corrected chi connectivity index (χ3v) is 2.54. The molecule has 0 aromatic rings. The molecular weight excluding hydrogens is 160 g/mol. The number of nitrogens with zero attached hydrogens (tertiary/aromatic N) is 1. The molecule has 0 spiro atoms. The second kappa shape index (κ2) is 2.66. The molecule has 0 saturated carbocycles. The van der Waals surface area contributed by atoms with Gasteiger partial charge in [0.2, 0.25) is 0 Å². The Bertz CT molecular complexity index is 308. The summed E-state index contributed by atoms with van der Waals surface area (Å²) < 4.78 is 0. The van der Waals surface area contributed by atoms with E-state index in [4.69, 9.17) is 0 Å². The van der Waals surface area contributed by atoms with Crippen LogP contribution in [-0.4, -0.2) is 18.6 Å². The van der Waals surface area contributed by atoms with E-state index in [2.05, 4.69) is 55.4 Å². The quantitative estimate of drug-likeness (QED) is 0.606. The van der Waals surface area contributed by atoms with Gasteiger partial charge in [-0.1, -0.05) is 26.0 Å². The van der Waals surface area contributed by atoms with Crippen LogP contribution in [0.15, 0.2) is 35.7 Å². The Labute approximate surface area is 79.6 Å². The molecule has 2 heteroatoms. The Morgan fingerprint density at radius 1 is 1.31 bits per heavy atom. The molecule has 0 aromatic heterocycles. The molecule has 1 aliphatic heterocycles. The average Bonchev–Trinajstić information content (AvgIpc) is 2.32. The minimum absolute atomic E-state index is 0.173. The smallest absolute Gasteiger partial charge is 0.0874 e. The zero-order chi connectivity index (χ0) is 9.47. The molecule has 0 amide bonds. The van der Waals surface area contributed by atoms with Crippen molar-refractivity contribution in [2.75, 3.05) is 13.7 Å². The van der Waals surface area contributed by atoms with Crippen LogP contribution >= 0.6 is 0 Å². The van der Waals surface area contributed by atoms with E-state index in [0.717, 1.165) is 6.67 Å².